The Morgan fingerprint density at radius 3 is 2.48 bits per heavy atom. The van der Waals surface area contributed by atoms with Crippen LogP contribution in [0, 0.1) is 6.92 Å². The second kappa shape index (κ2) is 10.6. The van der Waals surface area contributed by atoms with Crippen LogP contribution in [0.2, 0.25) is 5.02 Å². The van der Waals surface area contributed by atoms with Gasteiger partial charge in [-0.3, -0.25) is 14.1 Å². The summed E-state index contributed by atoms with van der Waals surface area (Å²) in [5, 5.41) is 3.99. The summed E-state index contributed by atoms with van der Waals surface area (Å²) >= 11 is 6.41. The second-order valence-corrected chi connectivity index (χ2v) is 11.5. The topological polar surface area (TPSA) is 145 Å². The van der Waals surface area contributed by atoms with Crippen LogP contribution in [0.5, 0.6) is 0 Å². The molecule has 3 aromatic carbocycles. The van der Waals surface area contributed by atoms with Crippen molar-refractivity contribution in [3.8, 4) is 16.8 Å². The molecule has 204 valence electrons. The molecule has 5 aromatic rings. The van der Waals surface area contributed by atoms with Gasteiger partial charge in [0.15, 0.2) is 0 Å². The molecule has 0 bridgehead atoms. The Balaban J connectivity index is 1.65. The van der Waals surface area contributed by atoms with E-state index in [2.05, 4.69) is 20.0 Å². The van der Waals surface area contributed by atoms with Crippen molar-refractivity contribution in [2.24, 2.45) is 0 Å². The number of aryl methyl sites for hydroxylation is 1. The Morgan fingerprint density at radius 1 is 1.00 bits per heavy atom. The summed E-state index contributed by atoms with van der Waals surface area (Å²) in [5.74, 6) is 0.859. The lowest BCUT2D eigenvalue weighted by Crippen LogP contribution is -2.27. The zero-order valence-electron chi connectivity index (χ0n) is 21.9. The third kappa shape index (κ3) is 5.47. The normalized spacial score (nSPS) is 12.3. The summed E-state index contributed by atoms with van der Waals surface area (Å²) in [6.07, 6.45) is 2.66. The summed E-state index contributed by atoms with van der Waals surface area (Å²) < 4.78 is 27.7. The molecule has 2 heterocycles. The first kappa shape index (κ1) is 27.1. The van der Waals surface area contributed by atoms with Crippen LogP contribution in [0.15, 0.2) is 77.7 Å². The van der Waals surface area contributed by atoms with E-state index in [1.54, 1.807) is 42.6 Å². The third-order valence-electron chi connectivity index (χ3n) is 6.27. The number of rotatable bonds is 7. The minimum Gasteiger partial charge on any atom is -0.368 e. The molecule has 1 unspecified atom stereocenters. The van der Waals surface area contributed by atoms with Crippen molar-refractivity contribution in [1.82, 2.24) is 19.5 Å². The molecule has 0 radical (unpaired) electrons. The molecule has 10 nitrogen and oxygen atoms in total. The molecular weight excluding hydrogens is 550 g/mol. The van der Waals surface area contributed by atoms with Crippen molar-refractivity contribution in [3.63, 3.8) is 0 Å². The number of nitrogens with two attached hydrogens (primary N) is 1. The van der Waals surface area contributed by atoms with E-state index >= 15 is 0 Å². The van der Waals surface area contributed by atoms with Gasteiger partial charge in [0.2, 0.25) is 16.0 Å². The van der Waals surface area contributed by atoms with Crippen LogP contribution in [0.25, 0.3) is 27.7 Å². The summed E-state index contributed by atoms with van der Waals surface area (Å²) in [5.41, 5.74) is 9.30. The van der Waals surface area contributed by atoms with E-state index < -0.39 is 16.1 Å². The van der Waals surface area contributed by atoms with E-state index in [9.17, 15) is 13.2 Å². The zero-order chi connectivity index (χ0) is 28.6. The van der Waals surface area contributed by atoms with Crippen molar-refractivity contribution in [2.75, 3.05) is 22.0 Å². The first-order valence-electron chi connectivity index (χ1n) is 12.3. The fourth-order valence-electron chi connectivity index (χ4n) is 4.49. The van der Waals surface area contributed by atoms with Crippen molar-refractivity contribution in [3.05, 3.63) is 99.7 Å². The van der Waals surface area contributed by atoms with Crippen LogP contribution in [-0.4, -0.2) is 34.2 Å². The van der Waals surface area contributed by atoms with Gasteiger partial charge in [-0.1, -0.05) is 41.9 Å². The van der Waals surface area contributed by atoms with Crippen molar-refractivity contribution in [2.45, 2.75) is 19.9 Å². The molecule has 0 spiro atoms. The molecule has 4 N–H and O–H groups in total. The molecule has 0 saturated heterocycles. The van der Waals surface area contributed by atoms with E-state index in [-0.39, 0.29) is 11.5 Å². The highest BCUT2D eigenvalue weighted by Gasteiger charge is 2.22. The van der Waals surface area contributed by atoms with E-state index in [0.717, 1.165) is 11.8 Å². The number of sulfonamides is 1. The van der Waals surface area contributed by atoms with Crippen molar-refractivity contribution in [1.29, 1.82) is 0 Å². The number of anilines is 3. The fourth-order valence-corrected chi connectivity index (χ4v) is 5.29. The highest BCUT2D eigenvalue weighted by atomic mass is 35.5. The van der Waals surface area contributed by atoms with Gasteiger partial charge >= 0.3 is 0 Å². The largest absolute Gasteiger partial charge is 0.368 e. The van der Waals surface area contributed by atoms with Gasteiger partial charge in [0.1, 0.15) is 11.6 Å². The van der Waals surface area contributed by atoms with Crippen LogP contribution in [0.4, 0.5) is 17.5 Å². The van der Waals surface area contributed by atoms with Crippen LogP contribution in [-0.2, 0) is 10.0 Å². The van der Waals surface area contributed by atoms with E-state index in [0.29, 0.717) is 50.1 Å². The lowest BCUT2D eigenvalue weighted by molar-refractivity contribution is 0.607. The molecule has 5 rings (SSSR count). The number of halogens is 1. The molecular formula is C28H26ClN7O3S. The van der Waals surface area contributed by atoms with Gasteiger partial charge in [-0.25, -0.2) is 18.4 Å². The van der Waals surface area contributed by atoms with Gasteiger partial charge in [-0.05, 0) is 61.4 Å². The lowest BCUT2D eigenvalue weighted by Gasteiger charge is -2.22. The molecule has 0 amide bonds. The number of hydrogen-bond donors (Lipinski definition) is 3. The molecule has 2 aromatic heterocycles. The molecule has 40 heavy (non-hydrogen) atoms. The van der Waals surface area contributed by atoms with E-state index in [1.807, 2.05) is 44.2 Å². The second-order valence-electron chi connectivity index (χ2n) is 9.34. The fraction of sp³-hybridized carbons (Fsp3) is 0.143. The van der Waals surface area contributed by atoms with Gasteiger partial charge < -0.3 is 11.1 Å². The molecule has 12 heteroatoms. The lowest BCUT2D eigenvalue weighted by atomic mass is 10.0. The number of benzene rings is 3. The van der Waals surface area contributed by atoms with Crippen LogP contribution in [0.3, 0.4) is 0 Å². The highest BCUT2D eigenvalue weighted by molar-refractivity contribution is 7.92. The Morgan fingerprint density at radius 2 is 1.75 bits per heavy atom. The van der Waals surface area contributed by atoms with Gasteiger partial charge in [0.05, 0.1) is 33.9 Å². The summed E-state index contributed by atoms with van der Waals surface area (Å²) in [7, 11) is -3.48. The SMILES string of the molecule is Cc1ccc(NS(C)(=O)=O)cc1-c1cnc(N)nc1NC(C)c1nc2cccc(Cl)c2c(=O)n1-c1ccccc1. The van der Waals surface area contributed by atoms with E-state index in [4.69, 9.17) is 22.3 Å². The van der Waals surface area contributed by atoms with Crippen LogP contribution in [0.1, 0.15) is 24.4 Å². The molecule has 0 aliphatic rings. The first-order chi connectivity index (χ1) is 19.0. The maximum absolute atomic E-state index is 13.8. The minimum atomic E-state index is -3.48. The Labute approximate surface area is 235 Å². The number of fused-ring (bicyclic) bond motifs is 1. The first-order valence-corrected chi connectivity index (χ1v) is 14.5. The molecule has 0 saturated carbocycles. The number of aromatic nitrogens is 4. The average molecular weight is 576 g/mol. The predicted octanol–water partition coefficient (Wildman–Crippen LogP) is 4.93. The van der Waals surface area contributed by atoms with Gasteiger partial charge in [0, 0.05) is 17.4 Å². The van der Waals surface area contributed by atoms with Gasteiger partial charge in [-0.2, -0.15) is 4.98 Å². The summed E-state index contributed by atoms with van der Waals surface area (Å²) in [6, 6.07) is 19.0. The molecule has 0 aliphatic heterocycles. The third-order valence-corrected chi connectivity index (χ3v) is 7.19. The summed E-state index contributed by atoms with van der Waals surface area (Å²) in [6.45, 7) is 3.75. The molecule has 0 fully saturated rings. The summed E-state index contributed by atoms with van der Waals surface area (Å²) in [4.78, 5) is 27.2. The average Bonchev–Trinajstić information content (AvgIpc) is 2.89. The Kier molecular flexibility index (Phi) is 7.17. The Hall–Kier alpha value is -4.48. The maximum Gasteiger partial charge on any atom is 0.267 e. The molecule has 0 aliphatic carbocycles. The van der Waals surface area contributed by atoms with Crippen LogP contribution >= 0.6 is 11.6 Å². The van der Waals surface area contributed by atoms with Crippen molar-refractivity contribution < 1.29 is 8.42 Å². The standard InChI is InChI=1S/C28H26ClN7O3S/c1-16-12-13-18(35-40(3,38)39)14-20(16)21-15-31-28(30)34-25(21)32-17(2)26-33-23-11-7-10-22(29)24(23)27(37)36(26)19-8-5-4-6-9-19/h4-15,17,35H,1-3H3,(H3,30,31,32,34). The number of hydrogen-bond acceptors (Lipinski definition) is 8. The minimum absolute atomic E-state index is 0.0419. The van der Waals surface area contributed by atoms with Gasteiger partial charge in [0.25, 0.3) is 5.56 Å². The smallest absolute Gasteiger partial charge is 0.267 e. The van der Waals surface area contributed by atoms with Crippen LogP contribution < -0.4 is 21.3 Å². The van der Waals surface area contributed by atoms with E-state index in [1.165, 1.54) is 4.57 Å². The maximum atomic E-state index is 13.8. The highest BCUT2D eigenvalue weighted by Crippen LogP contribution is 2.33. The number of nitrogen functional groups attached to an aromatic ring is 1. The number of nitrogens with zero attached hydrogens (tertiary/aromatic N) is 4. The predicted molar refractivity (Wildman–Crippen MR) is 159 cm³/mol. The van der Waals surface area contributed by atoms with Crippen molar-refractivity contribution >= 4 is 50.0 Å². The zero-order valence-corrected chi connectivity index (χ0v) is 23.5. The quantitative estimate of drug-likeness (QED) is 0.248. The molecule has 1 atom stereocenters. The number of nitrogens with one attached hydrogen (secondary N) is 2. The van der Waals surface area contributed by atoms with Gasteiger partial charge in [-0.15, -0.1) is 0 Å². The number of para-hydroxylation sites is 1. The monoisotopic (exact) mass is 575 g/mol. The Bertz CT molecular complexity index is 1910.